The monoisotopic (exact) mass is 324 g/mol. The van der Waals surface area contributed by atoms with Crippen LogP contribution in [0.3, 0.4) is 0 Å². The Morgan fingerprint density at radius 3 is 2.86 bits per heavy atom. The molecule has 2 aliphatic rings. The van der Waals surface area contributed by atoms with Crippen molar-refractivity contribution in [2.45, 2.75) is 32.0 Å². The Balaban J connectivity index is 1.78. The number of hydrogen-bond donors (Lipinski definition) is 1. The number of carbonyl (C=O) groups excluding carboxylic acids is 1. The molecule has 2 saturated heterocycles. The van der Waals surface area contributed by atoms with Crippen molar-refractivity contribution in [2.24, 2.45) is 5.92 Å². The Hall–Kier alpha value is -0.710. The van der Waals surface area contributed by atoms with E-state index in [4.69, 9.17) is 11.6 Å². The SMILES string of the molecule is CC1NC(c2cccc(Cl)c2)N(CC2CCSCC2)C1=O. The van der Waals surface area contributed by atoms with Gasteiger partial charge in [0.25, 0.3) is 0 Å². The minimum absolute atomic E-state index is 0.0409. The quantitative estimate of drug-likeness (QED) is 0.926. The fourth-order valence-electron chi connectivity index (χ4n) is 3.13. The maximum Gasteiger partial charge on any atom is 0.241 e. The first kappa shape index (κ1) is 15.2. The molecule has 1 N–H and O–H groups in total. The molecule has 21 heavy (non-hydrogen) atoms. The van der Waals surface area contributed by atoms with E-state index >= 15 is 0 Å². The van der Waals surface area contributed by atoms with Gasteiger partial charge in [0.2, 0.25) is 5.91 Å². The van der Waals surface area contributed by atoms with Gasteiger partial charge in [0.05, 0.1) is 6.04 Å². The zero-order valence-electron chi connectivity index (χ0n) is 12.2. The van der Waals surface area contributed by atoms with Crippen LogP contribution in [-0.2, 0) is 4.79 Å². The number of carbonyl (C=O) groups is 1. The normalized spacial score (nSPS) is 27.3. The summed E-state index contributed by atoms with van der Waals surface area (Å²) in [5.41, 5.74) is 1.07. The third-order valence-corrected chi connectivity index (χ3v) is 5.62. The topological polar surface area (TPSA) is 32.3 Å². The molecule has 0 bridgehead atoms. The molecular formula is C16H21ClN2OS. The number of amides is 1. The van der Waals surface area contributed by atoms with Gasteiger partial charge < -0.3 is 4.90 Å². The zero-order valence-corrected chi connectivity index (χ0v) is 13.8. The highest BCUT2D eigenvalue weighted by Crippen LogP contribution is 2.31. The van der Waals surface area contributed by atoms with Crippen molar-refractivity contribution in [1.82, 2.24) is 10.2 Å². The zero-order chi connectivity index (χ0) is 14.8. The Morgan fingerprint density at radius 2 is 2.14 bits per heavy atom. The van der Waals surface area contributed by atoms with Crippen LogP contribution in [0.1, 0.15) is 31.5 Å². The standard InChI is InChI=1S/C16H21ClN2OS/c1-11-16(20)19(10-12-5-7-21-8-6-12)15(18-11)13-3-2-4-14(17)9-13/h2-4,9,11-12,15,18H,5-8,10H2,1H3. The highest BCUT2D eigenvalue weighted by molar-refractivity contribution is 7.99. The van der Waals surface area contributed by atoms with Gasteiger partial charge >= 0.3 is 0 Å². The van der Waals surface area contributed by atoms with Gasteiger partial charge in [-0.15, -0.1) is 0 Å². The molecule has 2 atom stereocenters. The predicted molar refractivity (Wildman–Crippen MR) is 88.6 cm³/mol. The van der Waals surface area contributed by atoms with Gasteiger partial charge in [0, 0.05) is 11.6 Å². The second-order valence-electron chi connectivity index (χ2n) is 5.89. The van der Waals surface area contributed by atoms with E-state index in [9.17, 15) is 4.79 Å². The lowest BCUT2D eigenvalue weighted by molar-refractivity contribution is -0.130. The van der Waals surface area contributed by atoms with E-state index < -0.39 is 0 Å². The van der Waals surface area contributed by atoms with Crippen LogP contribution in [0.2, 0.25) is 5.02 Å². The lowest BCUT2D eigenvalue weighted by Crippen LogP contribution is -2.36. The van der Waals surface area contributed by atoms with Gasteiger partial charge in [-0.1, -0.05) is 23.7 Å². The summed E-state index contributed by atoms with van der Waals surface area (Å²) in [4.78, 5) is 14.5. The van der Waals surface area contributed by atoms with Crippen LogP contribution >= 0.6 is 23.4 Å². The largest absolute Gasteiger partial charge is 0.321 e. The molecule has 3 rings (SSSR count). The maximum atomic E-state index is 12.5. The molecule has 1 amide bonds. The van der Waals surface area contributed by atoms with Crippen molar-refractivity contribution in [2.75, 3.05) is 18.1 Å². The molecule has 2 unspecified atom stereocenters. The molecule has 0 aliphatic carbocycles. The lowest BCUT2D eigenvalue weighted by atomic mass is 10.0. The summed E-state index contributed by atoms with van der Waals surface area (Å²) in [6.07, 6.45) is 2.39. The Kier molecular flexibility index (Phi) is 4.77. The van der Waals surface area contributed by atoms with Crippen LogP contribution in [0.15, 0.2) is 24.3 Å². The summed E-state index contributed by atoms with van der Waals surface area (Å²) in [6.45, 7) is 2.80. The van der Waals surface area contributed by atoms with E-state index in [0.29, 0.717) is 5.92 Å². The Bertz CT molecular complexity index is 519. The molecule has 2 heterocycles. The van der Waals surface area contributed by atoms with Gasteiger partial charge in [0.15, 0.2) is 0 Å². The van der Waals surface area contributed by atoms with Crippen LogP contribution in [0.5, 0.6) is 0 Å². The fraction of sp³-hybridized carbons (Fsp3) is 0.562. The summed E-state index contributed by atoms with van der Waals surface area (Å²) in [5, 5.41) is 4.12. The van der Waals surface area contributed by atoms with Crippen molar-refractivity contribution in [3.05, 3.63) is 34.9 Å². The summed E-state index contributed by atoms with van der Waals surface area (Å²) in [5.74, 6) is 3.27. The van der Waals surface area contributed by atoms with Crippen LogP contribution in [-0.4, -0.2) is 34.9 Å². The maximum absolute atomic E-state index is 12.5. The molecule has 2 fully saturated rings. The second-order valence-corrected chi connectivity index (χ2v) is 7.55. The van der Waals surface area contributed by atoms with Crippen molar-refractivity contribution < 1.29 is 4.79 Å². The fourth-order valence-corrected chi connectivity index (χ4v) is 4.53. The first-order valence-electron chi connectivity index (χ1n) is 7.55. The molecular weight excluding hydrogens is 304 g/mol. The minimum Gasteiger partial charge on any atom is -0.321 e. The molecule has 114 valence electrons. The van der Waals surface area contributed by atoms with Crippen molar-refractivity contribution >= 4 is 29.3 Å². The summed E-state index contributed by atoms with van der Waals surface area (Å²) in [6, 6.07) is 7.69. The van der Waals surface area contributed by atoms with Crippen molar-refractivity contribution in [3.63, 3.8) is 0 Å². The molecule has 0 spiro atoms. The Morgan fingerprint density at radius 1 is 1.38 bits per heavy atom. The highest BCUT2D eigenvalue weighted by Gasteiger charge is 2.38. The number of hydrogen-bond acceptors (Lipinski definition) is 3. The lowest BCUT2D eigenvalue weighted by Gasteiger charge is -2.30. The second kappa shape index (κ2) is 6.59. The number of nitrogens with zero attached hydrogens (tertiary/aromatic N) is 1. The van der Waals surface area contributed by atoms with Gasteiger partial charge in [-0.3, -0.25) is 10.1 Å². The summed E-state index contributed by atoms with van der Waals surface area (Å²) in [7, 11) is 0. The van der Waals surface area contributed by atoms with Crippen molar-refractivity contribution in [3.8, 4) is 0 Å². The smallest absolute Gasteiger partial charge is 0.241 e. The molecule has 1 aromatic rings. The van der Waals surface area contributed by atoms with E-state index in [-0.39, 0.29) is 18.1 Å². The van der Waals surface area contributed by atoms with Crippen LogP contribution < -0.4 is 5.32 Å². The average molecular weight is 325 g/mol. The highest BCUT2D eigenvalue weighted by atomic mass is 35.5. The third kappa shape index (κ3) is 3.38. The van der Waals surface area contributed by atoms with Crippen LogP contribution in [0.4, 0.5) is 0 Å². The van der Waals surface area contributed by atoms with Crippen LogP contribution in [0, 0.1) is 5.92 Å². The van der Waals surface area contributed by atoms with Gasteiger partial charge in [-0.2, -0.15) is 11.8 Å². The van der Waals surface area contributed by atoms with Gasteiger partial charge in [-0.25, -0.2) is 0 Å². The molecule has 0 saturated carbocycles. The van der Waals surface area contributed by atoms with E-state index in [2.05, 4.69) is 5.32 Å². The number of nitrogens with one attached hydrogen (secondary N) is 1. The number of halogens is 1. The van der Waals surface area contributed by atoms with Gasteiger partial charge in [0.1, 0.15) is 6.17 Å². The van der Waals surface area contributed by atoms with Crippen molar-refractivity contribution in [1.29, 1.82) is 0 Å². The summed E-state index contributed by atoms with van der Waals surface area (Å²) < 4.78 is 0. The minimum atomic E-state index is -0.119. The van der Waals surface area contributed by atoms with E-state index in [0.717, 1.165) is 17.1 Å². The molecule has 5 heteroatoms. The molecule has 0 aromatic heterocycles. The van der Waals surface area contributed by atoms with Gasteiger partial charge in [-0.05, 0) is 54.9 Å². The Labute approximate surface area is 135 Å². The first-order valence-corrected chi connectivity index (χ1v) is 9.08. The molecule has 2 aliphatic heterocycles. The third-order valence-electron chi connectivity index (χ3n) is 4.33. The number of rotatable bonds is 3. The molecule has 1 aromatic carbocycles. The number of thioether (sulfide) groups is 1. The molecule has 3 nitrogen and oxygen atoms in total. The first-order chi connectivity index (χ1) is 10.1. The average Bonchev–Trinajstić information content (AvgIpc) is 2.77. The van der Waals surface area contributed by atoms with Crippen LogP contribution in [0.25, 0.3) is 0 Å². The number of benzene rings is 1. The predicted octanol–water partition coefficient (Wildman–Crippen LogP) is 3.30. The van der Waals surface area contributed by atoms with E-state index in [1.165, 1.54) is 24.3 Å². The molecule has 0 radical (unpaired) electrons. The summed E-state index contributed by atoms with van der Waals surface area (Å²) >= 11 is 8.12. The van der Waals surface area contributed by atoms with E-state index in [1.807, 2.05) is 47.9 Å². The van der Waals surface area contributed by atoms with E-state index in [1.54, 1.807) is 0 Å².